The third-order valence-corrected chi connectivity index (χ3v) is 4.72. The van der Waals surface area contributed by atoms with Gasteiger partial charge in [0.2, 0.25) is 0 Å². The molecule has 4 N–H and O–H groups in total. The van der Waals surface area contributed by atoms with Crippen LogP contribution in [-0.2, 0) is 6.18 Å². The van der Waals surface area contributed by atoms with Gasteiger partial charge < -0.3 is 11.1 Å². The van der Waals surface area contributed by atoms with Gasteiger partial charge in [-0.3, -0.25) is 14.9 Å². The minimum atomic E-state index is -4.50. The highest BCUT2D eigenvalue weighted by molar-refractivity contribution is 6.08. The zero-order valence-corrected chi connectivity index (χ0v) is 17.5. The van der Waals surface area contributed by atoms with Gasteiger partial charge in [-0.25, -0.2) is 4.68 Å². The number of alkyl halides is 3. The molecule has 0 atom stereocenters. The predicted molar refractivity (Wildman–Crippen MR) is 121 cm³/mol. The summed E-state index contributed by atoms with van der Waals surface area (Å²) in [5, 5.41) is 14.7. The van der Waals surface area contributed by atoms with Gasteiger partial charge in [0.25, 0.3) is 5.91 Å². The minimum Gasteiger partial charge on any atom is -0.384 e. The summed E-state index contributed by atoms with van der Waals surface area (Å²) in [5.74, 6) is -0.497. The third kappa shape index (κ3) is 5.04. The molecule has 5 rings (SSSR count). The van der Waals surface area contributed by atoms with Gasteiger partial charge in [-0.1, -0.05) is 18.2 Å². The van der Waals surface area contributed by atoms with Gasteiger partial charge in [0.1, 0.15) is 5.82 Å². The topological polar surface area (TPSA) is 115 Å². The van der Waals surface area contributed by atoms with E-state index in [1.807, 2.05) is 12.1 Å². The molecule has 5 aromatic rings. The van der Waals surface area contributed by atoms with E-state index in [2.05, 4.69) is 25.6 Å². The third-order valence-electron chi connectivity index (χ3n) is 4.72. The summed E-state index contributed by atoms with van der Waals surface area (Å²) >= 11 is 0. The number of nitrogens with one attached hydrogen (secondary N) is 2. The second-order valence-electron chi connectivity index (χ2n) is 7.04. The number of nitrogens with zero attached hydrogens (tertiary/aromatic N) is 4. The van der Waals surface area contributed by atoms with E-state index in [9.17, 15) is 18.0 Å². The number of aromatic nitrogens is 5. The number of hydrogen-bond donors (Lipinski definition) is 3. The van der Waals surface area contributed by atoms with Crippen molar-refractivity contribution in [3.63, 3.8) is 0 Å². The van der Waals surface area contributed by atoms with Crippen LogP contribution in [0.2, 0.25) is 0 Å². The van der Waals surface area contributed by atoms with Gasteiger partial charge in [-0.05, 0) is 36.4 Å². The predicted octanol–water partition coefficient (Wildman–Crippen LogP) is 4.68. The molecule has 3 heterocycles. The number of carbonyl (C=O) groups excluding carboxylic acids is 1. The van der Waals surface area contributed by atoms with E-state index in [1.54, 1.807) is 43.0 Å². The van der Waals surface area contributed by atoms with Gasteiger partial charge in [-0.15, -0.1) is 0 Å². The first kappa shape index (κ1) is 22.5. The van der Waals surface area contributed by atoms with Crippen LogP contribution in [0.4, 0.5) is 24.7 Å². The van der Waals surface area contributed by atoms with E-state index in [0.717, 1.165) is 27.6 Å². The van der Waals surface area contributed by atoms with Crippen LogP contribution >= 0.6 is 0 Å². The van der Waals surface area contributed by atoms with Gasteiger partial charge in [-0.2, -0.15) is 23.4 Å². The number of halogens is 3. The van der Waals surface area contributed by atoms with Gasteiger partial charge >= 0.3 is 6.18 Å². The lowest BCUT2D eigenvalue weighted by atomic mass is 10.1. The Morgan fingerprint density at radius 3 is 2.56 bits per heavy atom. The van der Waals surface area contributed by atoms with Crippen LogP contribution in [0.5, 0.6) is 0 Å². The van der Waals surface area contributed by atoms with E-state index >= 15 is 0 Å². The molecule has 34 heavy (non-hydrogen) atoms. The highest BCUT2D eigenvalue weighted by atomic mass is 19.4. The summed E-state index contributed by atoms with van der Waals surface area (Å²) in [5.41, 5.74) is 5.69. The number of pyridine rings is 1. The average molecular weight is 465 g/mol. The number of anilines is 2. The summed E-state index contributed by atoms with van der Waals surface area (Å²) in [4.78, 5) is 16.7. The molecular weight excluding hydrogens is 447 g/mol. The Labute approximate surface area is 191 Å². The first-order valence-corrected chi connectivity index (χ1v) is 9.94. The minimum absolute atomic E-state index is 0.0222. The quantitative estimate of drug-likeness (QED) is 0.358. The van der Waals surface area contributed by atoms with Crippen LogP contribution in [0.1, 0.15) is 16.1 Å². The Hall–Kier alpha value is -4.67. The molecular formula is C23H18F3N7O. The summed E-state index contributed by atoms with van der Waals surface area (Å²) < 4.78 is 40.0. The van der Waals surface area contributed by atoms with E-state index < -0.39 is 17.6 Å². The molecule has 2 aromatic carbocycles. The fourth-order valence-electron chi connectivity index (χ4n) is 3.16. The molecule has 0 aliphatic carbocycles. The second-order valence-corrected chi connectivity index (χ2v) is 7.04. The molecule has 172 valence electrons. The number of amides is 1. The fourth-order valence-corrected chi connectivity index (χ4v) is 3.16. The van der Waals surface area contributed by atoms with Crippen LogP contribution in [0.3, 0.4) is 0 Å². The lowest BCUT2D eigenvalue weighted by molar-refractivity contribution is -0.137. The number of nitrogens with two attached hydrogens (primary N) is 1. The Balaban J connectivity index is 0.000000486. The molecule has 0 unspecified atom stereocenters. The first-order chi connectivity index (χ1) is 16.3. The molecule has 1 amide bonds. The van der Waals surface area contributed by atoms with Crippen LogP contribution in [0, 0.1) is 0 Å². The maximum Gasteiger partial charge on any atom is 0.416 e. The molecule has 0 fully saturated rings. The van der Waals surface area contributed by atoms with Crippen molar-refractivity contribution >= 4 is 28.2 Å². The standard InChI is InChI=1S/C20H14F3N5O.C3H4N2/c21-20(22,23)13-4-2-5-14(9-13)28-18(24)10-17(27-28)19(29)26-16-6-1-3-12-11-25-8-7-15(12)16;1-2-4-5-3-1/h1-11H,24H2,(H,26,29);1-3H,(H,4,5). The van der Waals surface area contributed by atoms with Crippen molar-refractivity contribution in [2.45, 2.75) is 6.18 Å². The van der Waals surface area contributed by atoms with Crippen molar-refractivity contribution in [3.05, 3.63) is 96.7 Å². The van der Waals surface area contributed by atoms with Crippen LogP contribution in [0.15, 0.2) is 85.5 Å². The molecule has 0 aliphatic heterocycles. The number of hydrogen-bond acceptors (Lipinski definition) is 5. The van der Waals surface area contributed by atoms with Crippen molar-refractivity contribution in [1.82, 2.24) is 25.0 Å². The Kier molecular flexibility index (Phi) is 6.26. The molecule has 3 aromatic heterocycles. The van der Waals surface area contributed by atoms with Crippen molar-refractivity contribution < 1.29 is 18.0 Å². The Morgan fingerprint density at radius 2 is 1.85 bits per heavy atom. The molecule has 0 aliphatic rings. The lowest BCUT2D eigenvalue weighted by Gasteiger charge is -2.09. The van der Waals surface area contributed by atoms with Crippen molar-refractivity contribution in [2.75, 3.05) is 11.1 Å². The van der Waals surface area contributed by atoms with E-state index in [0.29, 0.717) is 5.69 Å². The lowest BCUT2D eigenvalue weighted by Crippen LogP contribution is -2.13. The normalized spacial score (nSPS) is 11.0. The molecule has 11 heteroatoms. The van der Waals surface area contributed by atoms with Crippen LogP contribution in [0.25, 0.3) is 16.5 Å². The van der Waals surface area contributed by atoms with E-state index in [-0.39, 0.29) is 17.2 Å². The zero-order valence-electron chi connectivity index (χ0n) is 17.5. The molecule has 0 saturated carbocycles. The van der Waals surface area contributed by atoms with Crippen molar-refractivity contribution in [2.24, 2.45) is 0 Å². The Morgan fingerprint density at radius 1 is 1.03 bits per heavy atom. The number of rotatable bonds is 3. The summed E-state index contributed by atoms with van der Waals surface area (Å²) in [6.45, 7) is 0. The largest absolute Gasteiger partial charge is 0.416 e. The SMILES string of the molecule is Nc1cc(C(=O)Nc2cccc3cnccc23)nn1-c1cccc(C(F)(F)F)c1.c1cn[nH]c1. The monoisotopic (exact) mass is 465 g/mol. The molecule has 0 spiro atoms. The highest BCUT2D eigenvalue weighted by Gasteiger charge is 2.30. The fraction of sp³-hybridized carbons (Fsp3) is 0.0435. The van der Waals surface area contributed by atoms with Gasteiger partial charge in [0, 0.05) is 47.3 Å². The summed E-state index contributed by atoms with van der Waals surface area (Å²) in [6, 6.07) is 14.8. The number of nitrogen functional groups attached to an aromatic ring is 1. The number of carbonyl (C=O) groups is 1. The highest BCUT2D eigenvalue weighted by Crippen LogP contribution is 2.31. The molecule has 0 radical (unpaired) electrons. The average Bonchev–Trinajstić information content (AvgIpc) is 3.52. The van der Waals surface area contributed by atoms with Crippen molar-refractivity contribution in [1.29, 1.82) is 0 Å². The zero-order chi connectivity index (χ0) is 24.1. The number of H-pyrrole nitrogens is 1. The second kappa shape index (κ2) is 9.45. The van der Waals surface area contributed by atoms with Crippen molar-refractivity contribution in [3.8, 4) is 5.69 Å². The smallest absolute Gasteiger partial charge is 0.384 e. The molecule has 8 nitrogen and oxygen atoms in total. The first-order valence-electron chi connectivity index (χ1n) is 9.94. The van der Waals surface area contributed by atoms with Crippen LogP contribution < -0.4 is 11.1 Å². The summed E-state index contributed by atoms with van der Waals surface area (Å²) in [6.07, 6.45) is 2.24. The molecule has 0 saturated heterocycles. The summed E-state index contributed by atoms with van der Waals surface area (Å²) in [7, 11) is 0. The van der Waals surface area contributed by atoms with E-state index in [4.69, 9.17) is 5.73 Å². The number of benzene rings is 2. The maximum absolute atomic E-state index is 13.0. The van der Waals surface area contributed by atoms with Crippen LogP contribution in [-0.4, -0.2) is 30.9 Å². The number of aromatic amines is 1. The van der Waals surface area contributed by atoms with Gasteiger partial charge in [0.05, 0.1) is 11.3 Å². The number of fused-ring (bicyclic) bond motifs is 1. The van der Waals surface area contributed by atoms with Gasteiger partial charge in [0.15, 0.2) is 5.69 Å². The Bertz CT molecular complexity index is 1390. The maximum atomic E-state index is 13.0. The van der Waals surface area contributed by atoms with E-state index in [1.165, 1.54) is 18.2 Å². The molecule has 0 bridgehead atoms.